The second-order valence-electron chi connectivity index (χ2n) is 6.90. The van der Waals surface area contributed by atoms with Gasteiger partial charge in [0, 0.05) is 4.88 Å². The number of hydrogen-bond donors (Lipinski definition) is 2. The Labute approximate surface area is 158 Å². The average Bonchev–Trinajstić information content (AvgIpc) is 3.17. The molecule has 3 aromatic rings. The lowest BCUT2D eigenvalue weighted by Gasteiger charge is -2.34. The third kappa shape index (κ3) is 2.97. The van der Waals surface area contributed by atoms with Gasteiger partial charge in [-0.3, -0.25) is 4.79 Å². The Hall–Kier alpha value is -1.71. The maximum Gasteiger partial charge on any atom is 0.259 e. The first-order valence-corrected chi connectivity index (χ1v) is 10.5. The van der Waals surface area contributed by atoms with Crippen molar-refractivity contribution in [2.24, 2.45) is 5.73 Å². The second kappa shape index (κ2) is 6.47. The van der Waals surface area contributed by atoms with Crippen LogP contribution in [0.3, 0.4) is 0 Å². The van der Waals surface area contributed by atoms with E-state index in [1.54, 1.807) is 23.1 Å². The molecular weight excluding hydrogens is 370 g/mol. The van der Waals surface area contributed by atoms with E-state index in [1.807, 2.05) is 20.8 Å². The Morgan fingerprint density at radius 2 is 2.15 bits per heavy atom. The minimum Gasteiger partial charge on any atom is -0.338 e. The van der Waals surface area contributed by atoms with Crippen molar-refractivity contribution in [1.29, 1.82) is 0 Å². The van der Waals surface area contributed by atoms with Crippen LogP contribution in [-0.4, -0.2) is 20.1 Å². The summed E-state index contributed by atoms with van der Waals surface area (Å²) in [7, 11) is 0. The molecule has 0 amide bonds. The number of nitrogens with one attached hydrogen (secondary N) is 1. The zero-order valence-electron chi connectivity index (χ0n) is 15.0. The van der Waals surface area contributed by atoms with E-state index in [1.165, 1.54) is 0 Å². The molecule has 0 radical (unpaired) electrons. The van der Waals surface area contributed by atoms with E-state index in [0.29, 0.717) is 28.7 Å². The van der Waals surface area contributed by atoms with Crippen LogP contribution in [0, 0.1) is 13.8 Å². The largest absolute Gasteiger partial charge is 0.338 e. The molecule has 3 heterocycles. The standard InChI is InChI=1S/C17H21N5O2S2/c1-8-9(2)26-15-12(8)13(23)19-11(20-15)7-25-10(3)14-21-16(22-24-14)17(18)5-4-6-17/h10H,4-7,18H2,1-3H3,(H,19,20,23). The highest BCUT2D eigenvalue weighted by atomic mass is 32.2. The van der Waals surface area contributed by atoms with Crippen molar-refractivity contribution in [2.75, 3.05) is 0 Å². The molecule has 26 heavy (non-hydrogen) atoms. The monoisotopic (exact) mass is 391 g/mol. The minimum atomic E-state index is -0.418. The highest BCUT2D eigenvalue weighted by molar-refractivity contribution is 7.98. The molecule has 0 aromatic carbocycles. The fourth-order valence-corrected chi connectivity index (χ4v) is 4.86. The zero-order chi connectivity index (χ0) is 18.5. The molecule has 1 aliphatic carbocycles. The third-order valence-electron chi connectivity index (χ3n) is 5.04. The summed E-state index contributed by atoms with van der Waals surface area (Å²) in [6, 6.07) is 0. The van der Waals surface area contributed by atoms with Crippen molar-refractivity contribution < 1.29 is 4.52 Å². The zero-order valence-corrected chi connectivity index (χ0v) is 16.6. The lowest BCUT2D eigenvalue weighted by atomic mass is 9.77. The maximum absolute atomic E-state index is 12.3. The molecule has 0 spiro atoms. The third-order valence-corrected chi connectivity index (χ3v) is 7.28. The molecule has 1 atom stereocenters. The molecule has 9 heteroatoms. The molecule has 1 saturated carbocycles. The van der Waals surface area contributed by atoms with Crippen LogP contribution >= 0.6 is 23.1 Å². The number of aryl methyl sites for hydroxylation is 2. The van der Waals surface area contributed by atoms with Crippen molar-refractivity contribution >= 4 is 33.3 Å². The van der Waals surface area contributed by atoms with Crippen LogP contribution in [0.2, 0.25) is 0 Å². The molecule has 3 N–H and O–H groups in total. The van der Waals surface area contributed by atoms with Crippen LogP contribution in [0.25, 0.3) is 10.2 Å². The molecule has 0 aliphatic heterocycles. The van der Waals surface area contributed by atoms with E-state index >= 15 is 0 Å². The molecule has 1 fully saturated rings. The van der Waals surface area contributed by atoms with Gasteiger partial charge in [-0.05, 0) is 45.6 Å². The van der Waals surface area contributed by atoms with Gasteiger partial charge in [-0.15, -0.1) is 23.1 Å². The molecule has 0 bridgehead atoms. The number of aromatic nitrogens is 4. The number of nitrogens with zero attached hydrogens (tertiary/aromatic N) is 3. The fourth-order valence-electron chi connectivity index (χ4n) is 3.03. The van der Waals surface area contributed by atoms with E-state index in [2.05, 4.69) is 20.1 Å². The molecule has 3 aromatic heterocycles. The quantitative estimate of drug-likeness (QED) is 0.686. The lowest BCUT2D eigenvalue weighted by molar-refractivity contribution is 0.229. The average molecular weight is 392 g/mol. The van der Waals surface area contributed by atoms with Crippen LogP contribution in [-0.2, 0) is 11.3 Å². The first kappa shape index (κ1) is 17.7. The molecule has 1 aliphatic rings. The van der Waals surface area contributed by atoms with Gasteiger partial charge in [0.2, 0.25) is 5.89 Å². The molecule has 0 saturated heterocycles. The number of H-pyrrole nitrogens is 1. The molecule has 4 rings (SSSR count). The summed E-state index contributed by atoms with van der Waals surface area (Å²) in [5.41, 5.74) is 6.76. The van der Waals surface area contributed by atoms with Crippen molar-refractivity contribution in [2.45, 2.75) is 56.6 Å². The van der Waals surface area contributed by atoms with Gasteiger partial charge < -0.3 is 15.2 Å². The van der Waals surface area contributed by atoms with Gasteiger partial charge >= 0.3 is 0 Å². The second-order valence-corrected chi connectivity index (χ2v) is 9.43. The van der Waals surface area contributed by atoms with Gasteiger partial charge in [-0.1, -0.05) is 5.16 Å². The van der Waals surface area contributed by atoms with Gasteiger partial charge in [-0.2, -0.15) is 4.98 Å². The number of thioether (sulfide) groups is 1. The summed E-state index contributed by atoms with van der Waals surface area (Å²) in [4.78, 5) is 26.3. The summed E-state index contributed by atoms with van der Waals surface area (Å²) in [5.74, 6) is 2.39. The summed E-state index contributed by atoms with van der Waals surface area (Å²) >= 11 is 3.15. The van der Waals surface area contributed by atoms with Crippen molar-refractivity contribution in [3.63, 3.8) is 0 Å². The van der Waals surface area contributed by atoms with Crippen LogP contribution in [0.4, 0.5) is 0 Å². The van der Waals surface area contributed by atoms with Gasteiger partial charge in [0.15, 0.2) is 5.82 Å². The Bertz CT molecular complexity index is 1020. The summed E-state index contributed by atoms with van der Waals surface area (Å²) in [6.45, 7) is 5.97. The van der Waals surface area contributed by atoms with E-state index in [0.717, 1.165) is 34.5 Å². The molecule has 1 unspecified atom stereocenters. The Kier molecular flexibility index (Phi) is 4.40. The number of thiophene rings is 1. The van der Waals surface area contributed by atoms with Crippen molar-refractivity contribution in [3.8, 4) is 0 Å². The van der Waals surface area contributed by atoms with Crippen LogP contribution in [0.5, 0.6) is 0 Å². The first-order chi connectivity index (χ1) is 12.4. The highest BCUT2D eigenvalue weighted by Gasteiger charge is 2.39. The summed E-state index contributed by atoms with van der Waals surface area (Å²) < 4.78 is 5.40. The SMILES string of the molecule is Cc1sc2nc(CSC(C)c3nc(C4(N)CCC4)no3)[nH]c(=O)c2c1C. The van der Waals surface area contributed by atoms with Crippen LogP contribution in [0.1, 0.15) is 59.4 Å². The number of nitrogens with two attached hydrogens (primary N) is 1. The van der Waals surface area contributed by atoms with Gasteiger partial charge in [0.05, 0.1) is 21.9 Å². The Balaban J connectivity index is 1.48. The maximum atomic E-state index is 12.3. The number of aromatic amines is 1. The first-order valence-electron chi connectivity index (χ1n) is 8.61. The van der Waals surface area contributed by atoms with Crippen molar-refractivity contribution in [3.05, 3.63) is 38.3 Å². The highest BCUT2D eigenvalue weighted by Crippen LogP contribution is 2.38. The fraction of sp³-hybridized carbons (Fsp3) is 0.529. The van der Waals surface area contributed by atoms with Gasteiger partial charge in [-0.25, -0.2) is 4.98 Å². The van der Waals surface area contributed by atoms with Crippen LogP contribution in [0.15, 0.2) is 9.32 Å². The Morgan fingerprint density at radius 3 is 2.85 bits per heavy atom. The number of fused-ring (bicyclic) bond motifs is 1. The van der Waals surface area contributed by atoms with E-state index in [4.69, 9.17) is 10.3 Å². The van der Waals surface area contributed by atoms with E-state index in [-0.39, 0.29) is 10.8 Å². The van der Waals surface area contributed by atoms with Gasteiger partial charge in [0.25, 0.3) is 5.56 Å². The summed E-state index contributed by atoms with van der Waals surface area (Å²) in [6.07, 6.45) is 2.91. The van der Waals surface area contributed by atoms with Gasteiger partial charge in [0.1, 0.15) is 10.7 Å². The molecule has 138 valence electrons. The normalized spacial score (nSPS) is 17.4. The predicted octanol–water partition coefficient (Wildman–Crippen LogP) is 3.32. The van der Waals surface area contributed by atoms with Crippen molar-refractivity contribution in [1.82, 2.24) is 20.1 Å². The number of rotatable bonds is 5. The molecular formula is C17H21N5O2S2. The van der Waals surface area contributed by atoms with E-state index in [9.17, 15) is 4.79 Å². The topological polar surface area (TPSA) is 111 Å². The Morgan fingerprint density at radius 1 is 1.38 bits per heavy atom. The predicted molar refractivity (Wildman–Crippen MR) is 103 cm³/mol. The molecule has 7 nitrogen and oxygen atoms in total. The smallest absolute Gasteiger partial charge is 0.259 e. The van der Waals surface area contributed by atoms with Crippen LogP contribution < -0.4 is 11.3 Å². The summed E-state index contributed by atoms with van der Waals surface area (Å²) in [5, 5.41) is 4.75. The number of hydrogen-bond acceptors (Lipinski definition) is 8. The van der Waals surface area contributed by atoms with E-state index < -0.39 is 5.54 Å². The minimum absolute atomic E-state index is 0.00673. The lowest BCUT2D eigenvalue weighted by Crippen LogP contribution is -2.44.